The molecule has 4 heterocycles. The van der Waals surface area contributed by atoms with Crippen molar-refractivity contribution in [2.45, 2.75) is 50.9 Å². The maximum absolute atomic E-state index is 12.5. The Labute approximate surface area is 165 Å². The first-order valence-electron chi connectivity index (χ1n) is 10.2. The Morgan fingerprint density at radius 2 is 2.00 bits per heavy atom. The van der Waals surface area contributed by atoms with Crippen molar-refractivity contribution in [3.63, 3.8) is 0 Å². The highest BCUT2D eigenvalue weighted by atomic mass is 16.5. The Balaban J connectivity index is 1.49. The molecule has 0 spiro atoms. The summed E-state index contributed by atoms with van der Waals surface area (Å²) in [6.45, 7) is 7.85. The van der Waals surface area contributed by atoms with Crippen LogP contribution in [0, 0.1) is 0 Å². The minimum atomic E-state index is -0.0930. The van der Waals surface area contributed by atoms with Gasteiger partial charge in [0.15, 0.2) is 0 Å². The van der Waals surface area contributed by atoms with Gasteiger partial charge in [0, 0.05) is 36.1 Å². The molecule has 0 amide bonds. The van der Waals surface area contributed by atoms with Gasteiger partial charge in [-0.15, -0.1) is 0 Å². The monoisotopic (exact) mass is 383 g/mol. The van der Waals surface area contributed by atoms with Gasteiger partial charge in [-0.3, -0.25) is 9.78 Å². The average Bonchev–Trinajstić information content (AvgIpc) is 3.17. The maximum Gasteiger partial charge on any atom is 0.267 e. The number of rotatable bonds is 5. The number of hydrogen-bond donors (Lipinski definition) is 1. The van der Waals surface area contributed by atoms with Crippen LogP contribution in [0.3, 0.4) is 0 Å². The molecule has 2 aromatic heterocycles. The molecule has 2 unspecified atom stereocenters. The number of nitrogens with zero attached hydrogens (tertiary/aromatic N) is 4. The summed E-state index contributed by atoms with van der Waals surface area (Å²) in [6.07, 6.45) is 5.74. The lowest BCUT2D eigenvalue weighted by molar-refractivity contribution is 0.149. The van der Waals surface area contributed by atoms with Crippen molar-refractivity contribution in [3.8, 4) is 11.3 Å². The third-order valence-corrected chi connectivity index (χ3v) is 5.86. The summed E-state index contributed by atoms with van der Waals surface area (Å²) in [4.78, 5) is 19.2. The summed E-state index contributed by atoms with van der Waals surface area (Å²) in [5.41, 5.74) is 1.56. The fourth-order valence-corrected chi connectivity index (χ4v) is 4.16. The van der Waals surface area contributed by atoms with Crippen LogP contribution in [-0.2, 0) is 4.74 Å². The summed E-state index contributed by atoms with van der Waals surface area (Å²) >= 11 is 0. The zero-order valence-electron chi connectivity index (χ0n) is 16.6. The first-order valence-corrected chi connectivity index (χ1v) is 10.2. The normalized spacial score (nSPS) is 24.1. The van der Waals surface area contributed by atoms with Crippen LogP contribution in [0.25, 0.3) is 11.3 Å². The predicted octanol–water partition coefficient (Wildman–Crippen LogP) is 1.71. The van der Waals surface area contributed by atoms with E-state index in [2.05, 4.69) is 34.1 Å². The highest BCUT2D eigenvalue weighted by Gasteiger charge is 2.34. The molecule has 0 aromatic carbocycles. The number of piperidine rings is 1. The van der Waals surface area contributed by atoms with Crippen molar-refractivity contribution in [2.24, 2.45) is 0 Å². The molecule has 0 aliphatic carbocycles. The number of nitrogens with one attached hydrogen (secondary N) is 1. The van der Waals surface area contributed by atoms with Crippen molar-refractivity contribution in [2.75, 3.05) is 26.3 Å². The van der Waals surface area contributed by atoms with E-state index < -0.39 is 0 Å². The van der Waals surface area contributed by atoms with E-state index in [1.807, 2.05) is 12.1 Å². The molecule has 0 bridgehead atoms. The second-order valence-corrected chi connectivity index (χ2v) is 8.03. The smallest absolute Gasteiger partial charge is 0.267 e. The second-order valence-electron chi connectivity index (χ2n) is 8.03. The lowest BCUT2D eigenvalue weighted by Crippen LogP contribution is -2.50. The van der Waals surface area contributed by atoms with Gasteiger partial charge in [0.25, 0.3) is 5.56 Å². The zero-order chi connectivity index (χ0) is 19.5. The Morgan fingerprint density at radius 1 is 1.18 bits per heavy atom. The first kappa shape index (κ1) is 19.2. The van der Waals surface area contributed by atoms with Gasteiger partial charge in [0.2, 0.25) is 0 Å². The van der Waals surface area contributed by atoms with Gasteiger partial charge < -0.3 is 15.0 Å². The van der Waals surface area contributed by atoms with E-state index in [0.717, 1.165) is 37.2 Å². The summed E-state index contributed by atoms with van der Waals surface area (Å²) in [5.74, 6) is 0. The lowest BCUT2D eigenvalue weighted by atomic mass is 10.0. The molecule has 7 heteroatoms. The fraction of sp³-hybridized carbons (Fsp3) is 0.571. The SMILES string of the molecule is CC(C)N1CCC(NC2COCC2n2nc(-c3cccnc3)ccc2=O)CC1. The highest BCUT2D eigenvalue weighted by Crippen LogP contribution is 2.22. The van der Waals surface area contributed by atoms with Crippen molar-refractivity contribution in [3.05, 3.63) is 47.0 Å². The Morgan fingerprint density at radius 3 is 2.71 bits per heavy atom. The molecule has 2 aromatic rings. The quantitative estimate of drug-likeness (QED) is 0.847. The van der Waals surface area contributed by atoms with Crippen LogP contribution in [0.15, 0.2) is 41.5 Å². The number of ether oxygens (including phenoxy) is 1. The number of likely N-dealkylation sites (tertiary alicyclic amines) is 1. The zero-order valence-corrected chi connectivity index (χ0v) is 16.6. The Kier molecular flexibility index (Phi) is 5.85. The third kappa shape index (κ3) is 4.16. The summed E-state index contributed by atoms with van der Waals surface area (Å²) < 4.78 is 7.33. The predicted molar refractivity (Wildman–Crippen MR) is 108 cm³/mol. The van der Waals surface area contributed by atoms with Crippen LogP contribution in [-0.4, -0.2) is 64.1 Å². The standard InChI is InChI=1S/C21H29N5O2/c1-15(2)25-10-7-17(8-11-25)23-19-13-28-14-20(19)26-21(27)6-5-18(24-26)16-4-3-9-22-12-16/h3-6,9,12,15,17,19-20,23H,7-8,10-11,13-14H2,1-2H3. The van der Waals surface area contributed by atoms with Gasteiger partial charge in [-0.1, -0.05) is 0 Å². The Hall–Kier alpha value is -2.09. The van der Waals surface area contributed by atoms with Crippen molar-refractivity contribution in [1.29, 1.82) is 0 Å². The minimum absolute atomic E-state index is 0.0905. The van der Waals surface area contributed by atoms with E-state index >= 15 is 0 Å². The molecule has 2 atom stereocenters. The van der Waals surface area contributed by atoms with Crippen molar-refractivity contribution >= 4 is 0 Å². The molecule has 2 aliphatic rings. The van der Waals surface area contributed by atoms with E-state index in [1.165, 1.54) is 0 Å². The molecule has 150 valence electrons. The molecule has 1 N–H and O–H groups in total. The highest BCUT2D eigenvalue weighted by molar-refractivity contribution is 5.56. The van der Waals surface area contributed by atoms with Gasteiger partial charge >= 0.3 is 0 Å². The van der Waals surface area contributed by atoms with Crippen LogP contribution in [0.5, 0.6) is 0 Å². The van der Waals surface area contributed by atoms with Crippen LogP contribution < -0.4 is 10.9 Å². The van der Waals surface area contributed by atoms with Crippen molar-refractivity contribution in [1.82, 2.24) is 25.0 Å². The van der Waals surface area contributed by atoms with Crippen LogP contribution in [0.4, 0.5) is 0 Å². The molecular weight excluding hydrogens is 354 g/mol. The van der Waals surface area contributed by atoms with Crippen LogP contribution in [0.1, 0.15) is 32.7 Å². The second kappa shape index (κ2) is 8.51. The topological polar surface area (TPSA) is 72.3 Å². The molecule has 2 saturated heterocycles. The molecule has 2 fully saturated rings. The first-order chi connectivity index (χ1) is 13.6. The molecule has 4 rings (SSSR count). The number of pyridine rings is 1. The van der Waals surface area contributed by atoms with Crippen LogP contribution in [0.2, 0.25) is 0 Å². The molecule has 28 heavy (non-hydrogen) atoms. The van der Waals surface area contributed by atoms with E-state index in [1.54, 1.807) is 29.2 Å². The summed E-state index contributed by atoms with van der Waals surface area (Å²) in [7, 11) is 0. The molecule has 7 nitrogen and oxygen atoms in total. The summed E-state index contributed by atoms with van der Waals surface area (Å²) in [6, 6.07) is 8.24. The summed E-state index contributed by atoms with van der Waals surface area (Å²) in [5, 5.41) is 8.39. The molecular formula is C21H29N5O2. The molecule has 0 saturated carbocycles. The van der Waals surface area contributed by atoms with Gasteiger partial charge in [0.05, 0.1) is 31.0 Å². The van der Waals surface area contributed by atoms with Gasteiger partial charge in [-0.2, -0.15) is 5.10 Å². The minimum Gasteiger partial charge on any atom is -0.377 e. The van der Waals surface area contributed by atoms with E-state index in [0.29, 0.717) is 25.3 Å². The average molecular weight is 383 g/mol. The fourth-order valence-electron chi connectivity index (χ4n) is 4.16. The largest absolute Gasteiger partial charge is 0.377 e. The lowest BCUT2D eigenvalue weighted by Gasteiger charge is -2.36. The number of hydrogen-bond acceptors (Lipinski definition) is 6. The van der Waals surface area contributed by atoms with E-state index in [-0.39, 0.29) is 17.6 Å². The van der Waals surface area contributed by atoms with Crippen molar-refractivity contribution < 1.29 is 4.74 Å². The maximum atomic E-state index is 12.5. The third-order valence-electron chi connectivity index (χ3n) is 5.86. The van der Waals surface area contributed by atoms with Gasteiger partial charge in [-0.25, -0.2) is 4.68 Å². The van der Waals surface area contributed by atoms with E-state index in [9.17, 15) is 4.79 Å². The number of aromatic nitrogens is 3. The van der Waals surface area contributed by atoms with Crippen LogP contribution >= 0.6 is 0 Å². The molecule has 2 aliphatic heterocycles. The van der Waals surface area contributed by atoms with Gasteiger partial charge in [-0.05, 0) is 58.0 Å². The van der Waals surface area contributed by atoms with E-state index in [4.69, 9.17) is 4.74 Å². The van der Waals surface area contributed by atoms with Gasteiger partial charge in [0.1, 0.15) is 0 Å². The molecule has 0 radical (unpaired) electrons. The Bertz CT molecular complexity index is 830.